The van der Waals surface area contributed by atoms with Crippen LogP contribution in [0, 0.1) is 34.5 Å². The van der Waals surface area contributed by atoms with Crippen LogP contribution < -0.4 is 0 Å². The minimum absolute atomic E-state index is 0.178. The third kappa shape index (κ3) is 2.71. The van der Waals surface area contributed by atoms with Crippen molar-refractivity contribution in [2.45, 2.75) is 76.5 Å². The Bertz CT molecular complexity index is 1050. The molecule has 7 rings (SSSR count). The number of hydrogen-bond acceptors (Lipinski definition) is 5. The molecule has 2 aromatic rings. The highest BCUT2D eigenvalue weighted by molar-refractivity contribution is 5.57. The molecule has 0 saturated heterocycles. The maximum atomic E-state index is 11.5. The van der Waals surface area contributed by atoms with Gasteiger partial charge in [-0.3, -0.25) is 0 Å². The average molecular weight is 477 g/mol. The number of benzene rings is 2. The van der Waals surface area contributed by atoms with Crippen molar-refractivity contribution in [3.63, 3.8) is 0 Å². The average Bonchev–Trinajstić information content (AvgIpc) is 3.73. The van der Waals surface area contributed by atoms with E-state index in [2.05, 4.69) is 13.8 Å². The van der Waals surface area contributed by atoms with Crippen LogP contribution in [0.15, 0.2) is 60.7 Å². The Labute approximate surface area is 207 Å². The first-order chi connectivity index (χ1) is 16.8. The second-order valence-corrected chi connectivity index (χ2v) is 12.1. The first kappa shape index (κ1) is 22.4. The molecule has 5 heteroatoms. The van der Waals surface area contributed by atoms with Gasteiger partial charge in [-0.1, -0.05) is 74.5 Å². The quantitative estimate of drug-likeness (QED) is 0.604. The molecule has 0 heterocycles. The van der Waals surface area contributed by atoms with Crippen LogP contribution in [0.1, 0.15) is 38.3 Å². The summed E-state index contributed by atoms with van der Waals surface area (Å²) in [7, 11) is 0. The number of aliphatic hydroxyl groups is 2. The molecule has 0 radical (unpaired) electrons. The summed E-state index contributed by atoms with van der Waals surface area (Å²) >= 11 is 0. The summed E-state index contributed by atoms with van der Waals surface area (Å²) in [5.74, 6) is 2.24. The molecule has 5 nitrogen and oxygen atoms in total. The van der Waals surface area contributed by atoms with E-state index in [0.29, 0.717) is 24.5 Å². The summed E-state index contributed by atoms with van der Waals surface area (Å²) < 4.78 is 19.4. The second-order valence-electron chi connectivity index (χ2n) is 12.1. The fourth-order valence-corrected chi connectivity index (χ4v) is 8.92. The maximum Gasteiger partial charge on any atom is 0.115 e. The van der Waals surface area contributed by atoms with Crippen LogP contribution in [-0.2, 0) is 27.4 Å². The SMILES string of the molecule is CC1C(OCc2ccccc2)C(O)C(OCc2ccccc2)C(O)C1OC1(C)C2C3C4CC1(C)C432. The van der Waals surface area contributed by atoms with E-state index in [4.69, 9.17) is 14.2 Å². The van der Waals surface area contributed by atoms with Crippen LogP contribution in [0.25, 0.3) is 0 Å². The third-order valence-corrected chi connectivity index (χ3v) is 10.9. The Morgan fingerprint density at radius 1 is 0.800 bits per heavy atom. The summed E-state index contributed by atoms with van der Waals surface area (Å²) in [6.45, 7) is 7.39. The Morgan fingerprint density at radius 2 is 1.34 bits per heavy atom. The van der Waals surface area contributed by atoms with E-state index in [1.165, 1.54) is 6.42 Å². The van der Waals surface area contributed by atoms with E-state index in [1.54, 1.807) is 0 Å². The molecule has 0 amide bonds. The van der Waals surface area contributed by atoms with Crippen LogP contribution in [0.3, 0.4) is 0 Å². The molecule has 12 atom stereocenters. The van der Waals surface area contributed by atoms with E-state index in [9.17, 15) is 10.2 Å². The Balaban J connectivity index is 1.13. The Hall–Kier alpha value is -1.76. The van der Waals surface area contributed by atoms with Crippen molar-refractivity contribution in [3.8, 4) is 0 Å². The Kier molecular flexibility index (Phi) is 4.74. The standard InChI is InChI=1S/C30H36O5/c1-17-24(33-15-18-10-6-4-7-11-18)22(31)26(34-16-19-12-8-5-9-13-19)23(32)25(17)35-29(3)27-21-20-14-28(29,2)30(20,21)27/h4-13,17,20-27,31-32H,14-16H2,1-3H3. The lowest BCUT2D eigenvalue weighted by molar-refractivity contribution is -0.341. The van der Waals surface area contributed by atoms with Crippen LogP contribution in [0.4, 0.5) is 0 Å². The van der Waals surface area contributed by atoms with E-state index in [-0.39, 0.29) is 16.9 Å². The molecular formula is C30H36O5. The molecule has 5 saturated carbocycles. The molecule has 0 aromatic heterocycles. The van der Waals surface area contributed by atoms with Gasteiger partial charge in [0.15, 0.2) is 0 Å². The molecule has 5 aliphatic carbocycles. The predicted octanol–water partition coefficient (Wildman–Crippen LogP) is 3.96. The number of aliphatic hydroxyl groups excluding tert-OH is 2. The summed E-state index contributed by atoms with van der Waals surface area (Å²) in [4.78, 5) is 0. The van der Waals surface area contributed by atoms with Gasteiger partial charge in [-0.15, -0.1) is 0 Å². The lowest BCUT2D eigenvalue weighted by atomic mass is 9.39. The fraction of sp³-hybridized carbons (Fsp3) is 0.600. The van der Waals surface area contributed by atoms with E-state index in [1.807, 2.05) is 67.6 Å². The second kappa shape index (κ2) is 7.39. The van der Waals surface area contributed by atoms with Gasteiger partial charge in [-0.05, 0) is 47.6 Å². The van der Waals surface area contributed by atoms with Crippen molar-refractivity contribution in [1.29, 1.82) is 0 Å². The number of fused-ring (bicyclic) bond motifs is 2. The zero-order chi connectivity index (χ0) is 24.2. The summed E-state index contributed by atoms with van der Waals surface area (Å²) in [6, 6.07) is 19.9. The molecule has 0 aliphatic heterocycles. The highest BCUT2D eigenvalue weighted by Gasteiger charge is 3.10. The summed E-state index contributed by atoms with van der Waals surface area (Å²) in [5, 5.41) is 22.9. The minimum atomic E-state index is -0.953. The van der Waals surface area contributed by atoms with Gasteiger partial charge in [0.1, 0.15) is 18.3 Å². The largest absolute Gasteiger partial charge is 0.388 e. The van der Waals surface area contributed by atoms with Crippen molar-refractivity contribution in [2.24, 2.45) is 34.5 Å². The lowest BCUT2D eigenvalue weighted by Crippen LogP contribution is -2.74. The summed E-state index contributed by atoms with van der Waals surface area (Å²) in [6.07, 6.45) is -2.39. The van der Waals surface area contributed by atoms with Crippen molar-refractivity contribution in [1.82, 2.24) is 0 Å². The lowest BCUT2D eigenvalue weighted by Gasteiger charge is -2.70. The van der Waals surface area contributed by atoms with Gasteiger partial charge < -0.3 is 24.4 Å². The van der Waals surface area contributed by atoms with E-state index < -0.39 is 30.5 Å². The molecule has 35 heavy (non-hydrogen) atoms. The maximum absolute atomic E-state index is 11.5. The normalized spacial score (nSPS) is 50.4. The number of ether oxygens (including phenoxy) is 3. The van der Waals surface area contributed by atoms with Crippen LogP contribution >= 0.6 is 0 Å². The molecule has 5 aliphatic rings. The van der Waals surface area contributed by atoms with E-state index >= 15 is 0 Å². The molecule has 2 aromatic carbocycles. The molecular weight excluding hydrogens is 440 g/mol. The highest BCUT2D eigenvalue weighted by atomic mass is 16.6. The molecule has 2 N–H and O–H groups in total. The minimum Gasteiger partial charge on any atom is -0.388 e. The predicted molar refractivity (Wildman–Crippen MR) is 130 cm³/mol. The molecule has 186 valence electrons. The van der Waals surface area contributed by atoms with Gasteiger partial charge in [0.05, 0.1) is 31.0 Å². The van der Waals surface area contributed by atoms with Gasteiger partial charge in [-0.25, -0.2) is 0 Å². The molecule has 1 spiro atoms. The molecule has 12 unspecified atom stereocenters. The topological polar surface area (TPSA) is 68.2 Å². The third-order valence-electron chi connectivity index (χ3n) is 10.9. The van der Waals surface area contributed by atoms with Crippen molar-refractivity contribution in [2.75, 3.05) is 0 Å². The van der Waals surface area contributed by atoms with Crippen molar-refractivity contribution >= 4 is 0 Å². The fourth-order valence-electron chi connectivity index (χ4n) is 8.92. The molecule has 0 bridgehead atoms. The van der Waals surface area contributed by atoms with Gasteiger partial charge in [0.25, 0.3) is 0 Å². The van der Waals surface area contributed by atoms with Crippen molar-refractivity contribution in [3.05, 3.63) is 71.8 Å². The van der Waals surface area contributed by atoms with Gasteiger partial charge in [-0.2, -0.15) is 0 Å². The van der Waals surface area contributed by atoms with Crippen LogP contribution in [-0.4, -0.2) is 46.3 Å². The van der Waals surface area contributed by atoms with Crippen LogP contribution in [0.2, 0.25) is 0 Å². The first-order valence-electron chi connectivity index (χ1n) is 13.2. The van der Waals surface area contributed by atoms with Gasteiger partial charge in [0.2, 0.25) is 0 Å². The zero-order valence-corrected chi connectivity index (χ0v) is 20.7. The number of rotatable bonds is 8. The zero-order valence-electron chi connectivity index (χ0n) is 20.7. The Morgan fingerprint density at radius 3 is 1.83 bits per heavy atom. The number of hydrogen-bond donors (Lipinski definition) is 2. The smallest absolute Gasteiger partial charge is 0.115 e. The summed E-state index contributed by atoms with van der Waals surface area (Å²) in [5.41, 5.74) is 2.62. The first-order valence-corrected chi connectivity index (χ1v) is 13.2. The highest BCUT2D eigenvalue weighted by Crippen LogP contribution is 3.11. The monoisotopic (exact) mass is 476 g/mol. The van der Waals surface area contributed by atoms with E-state index in [0.717, 1.165) is 23.0 Å². The van der Waals surface area contributed by atoms with Crippen LogP contribution in [0.5, 0.6) is 0 Å². The van der Waals surface area contributed by atoms with Crippen molar-refractivity contribution < 1.29 is 24.4 Å². The molecule has 5 fully saturated rings. The van der Waals surface area contributed by atoms with Gasteiger partial charge >= 0.3 is 0 Å². The van der Waals surface area contributed by atoms with Gasteiger partial charge in [0, 0.05) is 11.3 Å².